The number of hydrogen-bond donors (Lipinski definition) is 3. The number of nitrogens with zero attached hydrogens (tertiary/aromatic N) is 2. The minimum Gasteiger partial charge on any atom is -0.364 e. The van der Waals surface area contributed by atoms with Crippen molar-refractivity contribution < 1.29 is 9.13 Å². The number of nitro groups is 1. The molecular weight excluding hydrogens is 258 g/mol. The SMILES string of the molecule is CS(=O)CCCNc1nc(NN)ccc1[N+](=O)[O-]. The highest BCUT2D eigenvalue weighted by Crippen LogP contribution is 2.23. The second kappa shape index (κ2) is 6.87. The standard InChI is InChI=1S/C9H15N5O3S/c1-18(17)6-2-5-11-9-7(14(15)16)3-4-8(12-9)13-10/h3-4H,2,5-6,10H2,1H3,(H2,11,12,13). The van der Waals surface area contributed by atoms with Crippen LogP contribution < -0.4 is 16.6 Å². The van der Waals surface area contributed by atoms with E-state index in [2.05, 4.69) is 15.7 Å². The van der Waals surface area contributed by atoms with E-state index in [4.69, 9.17) is 5.84 Å². The van der Waals surface area contributed by atoms with E-state index in [0.717, 1.165) is 0 Å². The Morgan fingerprint density at radius 3 is 2.83 bits per heavy atom. The maximum atomic E-state index is 10.9. The van der Waals surface area contributed by atoms with Crippen LogP contribution >= 0.6 is 0 Å². The number of hydrazine groups is 1. The number of nitrogen functional groups attached to an aromatic ring is 1. The molecular formula is C9H15N5O3S. The van der Waals surface area contributed by atoms with Crippen LogP contribution in [0.15, 0.2) is 12.1 Å². The molecule has 1 heterocycles. The Morgan fingerprint density at radius 1 is 1.56 bits per heavy atom. The minimum atomic E-state index is -0.870. The Bertz CT molecular complexity index is 454. The minimum absolute atomic E-state index is 0.119. The fourth-order valence-corrected chi connectivity index (χ4v) is 1.84. The second-order valence-corrected chi connectivity index (χ2v) is 5.08. The van der Waals surface area contributed by atoms with E-state index in [1.165, 1.54) is 12.1 Å². The summed E-state index contributed by atoms with van der Waals surface area (Å²) in [5, 5.41) is 13.6. The van der Waals surface area contributed by atoms with Gasteiger partial charge in [0.05, 0.1) is 4.92 Å². The lowest BCUT2D eigenvalue weighted by atomic mass is 10.3. The predicted octanol–water partition coefficient (Wildman–Crippen LogP) is 0.456. The van der Waals surface area contributed by atoms with Gasteiger partial charge in [0.15, 0.2) is 0 Å². The number of pyridine rings is 1. The molecule has 1 aromatic rings. The summed E-state index contributed by atoms with van der Waals surface area (Å²) >= 11 is 0. The fraction of sp³-hybridized carbons (Fsp3) is 0.444. The molecule has 0 radical (unpaired) electrons. The molecule has 8 nitrogen and oxygen atoms in total. The second-order valence-electron chi connectivity index (χ2n) is 3.52. The van der Waals surface area contributed by atoms with Crippen LogP contribution in [-0.4, -0.2) is 32.7 Å². The number of aromatic nitrogens is 1. The van der Waals surface area contributed by atoms with Crippen LogP contribution in [0.1, 0.15) is 6.42 Å². The van der Waals surface area contributed by atoms with Gasteiger partial charge in [-0.05, 0) is 12.5 Å². The molecule has 0 aliphatic rings. The van der Waals surface area contributed by atoms with E-state index in [9.17, 15) is 14.3 Å². The number of rotatable bonds is 7. The average Bonchev–Trinajstić information content (AvgIpc) is 2.33. The van der Waals surface area contributed by atoms with Crippen LogP contribution in [-0.2, 0) is 10.8 Å². The maximum Gasteiger partial charge on any atom is 0.311 e. The van der Waals surface area contributed by atoms with Gasteiger partial charge in [0, 0.05) is 35.4 Å². The van der Waals surface area contributed by atoms with Crippen molar-refractivity contribution >= 4 is 28.1 Å². The highest BCUT2D eigenvalue weighted by Gasteiger charge is 2.15. The van der Waals surface area contributed by atoms with E-state index in [0.29, 0.717) is 24.5 Å². The van der Waals surface area contributed by atoms with Crippen LogP contribution in [0.2, 0.25) is 0 Å². The number of nitrogens with one attached hydrogen (secondary N) is 2. The zero-order valence-electron chi connectivity index (χ0n) is 9.88. The summed E-state index contributed by atoms with van der Waals surface area (Å²) in [6.45, 7) is 0.460. The Kier molecular flexibility index (Phi) is 5.46. The van der Waals surface area contributed by atoms with Gasteiger partial charge in [-0.2, -0.15) is 0 Å². The molecule has 0 aromatic carbocycles. The van der Waals surface area contributed by atoms with Crippen molar-refractivity contribution in [3.8, 4) is 0 Å². The van der Waals surface area contributed by atoms with Crippen molar-refractivity contribution in [2.45, 2.75) is 6.42 Å². The van der Waals surface area contributed by atoms with E-state index in [1.807, 2.05) is 0 Å². The summed E-state index contributed by atoms with van der Waals surface area (Å²) < 4.78 is 10.9. The van der Waals surface area contributed by atoms with Gasteiger partial charge in [0.2, 0.25) is 5.82 Å². The third-order valence-corrected chi connectivity index (χ3v) is 2.98. The molecule has 1 rings (SSSR count). The Balaban J connectivity index is 2.71. The molecule has 1 unspecified atom stereocenters. The van der Waals surface area contributed by atoms with Crippen molar-refractivity contribution in [2.24, 2.45) is 5.84 Å². The molecule has 18 heavy (non-hydrogen) atoms. The monoisotopic (exact) mass is 273 g/mol. The number of anilines is 2. The number of hydrogen-bond acceptors (Lipinski definition) is 7. The lowest BCUT2D eigenvalue weighted by Gasteiger charge is -2.07. The van der Waals surface area contributed by atoms with Crippen molar-refractivity contribution in [3.63, 3.8) is 0 Å². The third-order valence-electron chi connectivity index (χ3n) is 2.12. The van der Waals surface area contributed by atoms with Crippen molar-refractivity contribution in [3.05, 3.63) is 22.2 Å². The summed E-state index contributed by atoms with van der Waals surface area (Å²) in [6.07, 6.45) is 2.25. The first-order valence-corrected chi connectivity index (χ1v) is 6.93. The van der Waals surface area contributed by atoms with Crippen molar-refractivity contribution in [1.29, 1.82) is 0 Å². The van der Waals surface area contributed by atoms with Crippen molar-refractivity contribution in [1.82, 2.24) is 4.98 Å². The Morgan fingerprint density at radius 2 is 2.28 bits per heavy atom. The van der Waals surface area contributed by atoms with Gasteiger partial charge in [-0.15, -0.1) is 0 Å². The van der Waals surface area contributed by atoms with Gasteiger partial charge in [0.25, 0.3) is 0 Å². The first-order valence-electron chi connectivity index (χ1n) is 5.20. The molecule has 0 aliphatic carbocycles. The molecule has 0 aliphatic heterocycles. The Labute approximate surface area is 107 Å². The molecule has 1 aromatic heterocycles. The quantitative estimate of drug-likeness (QED) is 0.285. The summed E-state index contributed by atoms with van der Waals surface area (Å²) in [4.78, 5) is 14.2. The molecule has 100 valence electrons. The van der Waals surface area contributed by atoms with E-state index in [-0.39, 0.29) is 11.5 Å². The van der Waals surface area contributed by atoms with Gasteiger partial charge in [0.1, 0.15) is 5.82 Å². The van der Waals surface area contributed by atoms with Gasteiger partial charge in [-0.1, -0.05) is 0 Å². The summed E-state index contributed by atoms with van der Waals surface area (Å²) in [7, 11) is -0.870. The summed E-state index contributed by atoms with van der Waals surface area (Å²) in [6, 6.07) is 2.74. The van der Waals surface area contributed by atoms with Crippen molar-refractivity contribution in [2.75, 3.05) is 29.3 Å². The maximum absolute atomic E-state index is 10.9. The summed E-state index contributed by atoms with van der Waals surface area (Å²) in [5.41, 5.74) is 2.20. The van der Waals surface area contributed by atoms with Crippen LogP contribution in [0.5, 0.6) is 0 Å². The predicted molar refractivity (Wildman–Crippen MR) is 70.7 cm³/mol. The topological polar surface area (TPSA) is 123 Å². The number of nitrogens with two attached hydrogens (primary N) is 1. The zero-order valence-corrected chi connectivity index (χ0v) is 10.7. The summed E-state index contributed by atoms with van der Waals surface area (Å²) in [5.74, 6) is 6.21. The molecule has 1 atom stereocenters. The molecule has 4 N–H and O–H groups in total. The van der Waals surface area contributed by atoms with Gasteiger partial charge in [-0.25, -0.2) is 10.8 Å². The highest BCUT2D eigenvalue weighted by atomic mass is 32.2. The van der Waals surface area contributed by atoms with Crippen LogP contribution in [0, 0.1) is 10.1 Å². The van der Waals surface area contributed by atoms with Crippen LogP contribution in [0.3, 0.4) is 0 Å². The normalized spacial score (nSPS) is 11.9. The Hall–Kier alpha value is -1.74. The highest BCUT2D eigenvalue weighted by molar-refractivity contribution is 7.84. The molecule has 0 fully saturated rings. The first kappa shape index (κ1) is 14.3. The fourth-order valence-electron chi connectivity index (χ4n) is 1.29. The largest absolute Gasteiger partial charge is 0.364 e. The molecule has 0 bridgehead atoms. The van der Waals surface area contributed by atoms with E-state index in [1.54, 1.807) is 6.26 Å². The molecule has 9 heteroatoms. The molecule has 0 saturated carbocycles. The smallest absolute Gasteiger partial charge is 0.311 e. The average molecular weight is 273 g/mol. The van der Waals surface area contributed by atoms with Gasteiger partial charge < -0.3 is 10.7 Å². The van der Waals surface area contributed by atoms with E-state index < -0.39 is 15.7 Å². The first-order chi connectivity index (χ1) is 8.54. The third kappa shape index (κ3) is 4.26. The molecule has 0 saturated heterocycles. The molecule has 0 amide bonds. The van der Waals surface area contributed by atoms with E-state index >= 15 is 0 Å². The van der Waals surface area contributed by atoms with Gasteiger partial charge >= 0.3 is 5.69 Å². The molecule has 0 spiro atoms. The van der Waals surface area contributed by atoms with Crippen LogP contribution in [0.25, 0.3) is 0 Å². The lowest BCUT2D eigenvalue weighted by molar-refractivity contribution is -0.384. The lowest BCUT2D eigenvalue weighted by Crippen LogP contribution is -2.12. The van der Waals surface area contributed by atoms with Gasteiger partial charge in [-0.3, -0.25) is 14.3 Å². The van der Waals surface area contributed by atoms with Crippen LogP contribution in [0.4, 0.5) is 17.3 Å². The zero-order chi connectivity index (χ0) is 13.5.